The van der Waals surface area contributed by atoms with Crippen LogP contribution in [0.3, 0.4) is 0 Å². The molecule has 3 nitrogen and oxygen atoms in total. The Labute approximate surface area is 107 Å². The second kappa shape index (κ2) is 4.75. The largest absolute Gasteiger partial charge is 0.297 e. The number of hydrogen-bond acceptors (Lipinski definition) is 4. The van der Waals surface area contributed by atoms with Crippen molar-refractivity contribution in [2.24, 2.45) is 5.41 Å². The highest BCUT2D eigenvalue weighted by atomic mass is 32.1. The van der Waals surface area contributed by atoms with E-state index in [1.807, 2.05) is 0 Å². The van der Waals surface area contributed by atoms with Gasteiger partial charge in [-0.1, -0.05) is 0 Å². The molecule has 1 unspecified atom stereocenters. The van der Waals surface area contributed by atoms with Crippen molar-refractivity contribution in [3.8, 4) is 6.07 Å². The molecular formula is C13H19N3S. The second-order valence-corrected chi connectivity index (χ2v) is 6.52. The number of aryl methyl sites for hydroxylation is 2. The zero-order valence-corrected chi connectivity index (χ0v) is 11.6. The van der Waals surface area contributed by atoms with E-state index < -0.39 is 0 Å². The van der Waals surface area contributed by atoms with Gasteiger partial charge in [-0.15, -0.1) is 11.3 Å². The van der Waals surface area contributed by atoms with Crippen LogP contribution in [0.4, 0.5) is 0 Å². The molecule has 0 bridgehead atoms. The minimum Gasteiger partial charge on any atom is -0.297 e. The van der Waals surface area contributed by atoms with Crippen LogP contribution in [0, 0.1) is 30.6 Å². The number of aromatic nitrogens is 1. The molecule has 1 fully saturated rings. The minimum atomic E-state index is -0.161. The molecule has 1 aromatic rings. The first-order chi connectivity index (χ1) is 8.02. The van der Waals surface area contributed by atoms with E-state index in [0.29, 0.717) is 0 Å². The van der Waals surface area contributed by atoms with Crippen LogP contribution in [0.25, 0.3) is 0 Å². The van der Waals surface area contributed by atoms with E-state index in [1.54, 1.807) is 11.3 Å². The van der Waals surface area contributed by atoms with Crippen molar-refractivity contribution in [2.45, 2.75) is 40.2 Å². The summed E-state index contributed by atoms with van der Waals surface area (Å²) in [6, 6.07) is 2.46. The first-order valence-electron chi connectivity index (χ1n) is 6.09. The van der Waals surface area contributed by atoms with Gasteiger partial charge in [0.05, 0.1) is 22.2 Å². The van der Waals surface area contributed by atoms with Gasteiger partial charge in [-0.25, -0.2) is 4.98 Å². The third-order valence-electron chi connectivity index (χ3n) is 3.41. The minimum absolute atomic E-state index is 0.161. The smallest absolute Gasteiger partial charge is 0.0900 e. The Kier molecular flexibility index (Phi) is 3.50. The number of rotatable bonds is 2. The van der Waals surface area contributed by atoms with Gasteiger partial charge in [0.25, 0.3) is 0 Å². The molecule has 2 rings (SSSR count). The van der Waals surface area contributed by atoms with Crippen LogP contribution in [0.1, 0.15) is 35.3 Å². The van der Waals surface area contributed by atoms with E-state index in [2.05, 4.69) is 36.7 Å². The van der Waals surface area contributed by atoms with E-state index in [-0.39, 0.29) is 5.41 Å². The Bertz CT molecular complexity index is 446. The fourth-order valence-corrected chi connectivity index (χ4v) is 3.47. The molecule has 17 heavy (non-hydrogen) atoms. The summed E-state index contributed by atoms with van der Waals surface area (Å²) in [4.78, 5) is 8.21. The lowest BCUT2D eigenvalue weighted by atomic mass is 9.83. The van der Waals surface area contributed by atoms with Crippen molar-refractivity contribution in [1.82, 2.24) is 9.88 Å². The maximum absolute atomic E-state index is 9.21. The van der Waals surface area contributed by atoms with Crippen molar-refractivity contribution in [3.63, 3.8) is 0 Å². The molecule has 2 heterocycles. The van der Waals surface area contributed by atoms with Gasteiger partial charge in [-0.05, 0) is 40.2 Å². The molecule has 92 valence electrons. The highest BCUT2D eigenvalue weighted by Crippen LogP contribution is 2.30. The van der Waals surface area contributed by atoms with Gasteiger partial charge in [-0.2, -0.15) is 5.26 Å². The lowest BCUT2D eigenvalue weighted by Crippen LogP contribution is -2.40. The Morgan fingerprint density at radius 3 is 2.88 bits per heavy atom. The van der Waals surface area contributed by atoms with Crippen LogP contribution in [-0.4, -0.2) is 23.0 Å². The maximum atomic E-state index is 9.21. The molecule has 0 aliphatic carbocycles. The molecule has 1 saturated heterocycles. The SMILES string of the molecule is Cc1nc(C)c(CN2CCCC(C)(C#N)C2)s1. The lowest BCUT2D eigenvalue weighted by molar-refractivity contribution is 0.137. The van der Waals surface area contributed by atoms with Gasteiger partial charge in [0.15, 0.2) is 0 Å². The molecule has 0 amide bonds. The summed E-state index contributed by atoms with van der Waals surface area (Å²) in [5, 5.41) is 10.3. The quantitative estimate of drug-likeness (QED) is 0.809. The molecular weight excluding hydrogens is 230 g/mol. The van der Waals surface area contributed by atoms with Gasteiger partial charge < -0.3 is 0 Å². The molecule has 0 radical (unpaired) electrons. The Balaban J connectivity index is 2.05. The average Bonchev–Trinajstić information content (AvgIpc) is 2.58. The zero-order chi connectivity index (χ0) is 12.5. The summed E-state index contributed by atoms with van der Waals surface area (Å²) < 4.78 is 0. The third kappa shape index (κ3) is 2.85. The predicted octanol–water partition coefficient (Wildman–Crippen LogP) is 2.89. The van der Waals surface area contributed by atoms with E-state index >= 15 is 0 Å². The number of hydrogen-bond donors (Lipinski definition) is 0. The maximum Gasteiger partial charge on any atom is 0.0900 e. The topological polar surface area (TPSA) is 39.9 Å². The van der Waals surface area contributed by atoms with Crippen LogP contribution in [0.2, 0.25) is 0 Å². The van der Waals surface area contributed by atoms with Gasteiger partial charge in [0.1, 0.15) is 0 Å². The average molecular weight is 249 g/mol. The summed E-state index contributed by atoms with van der Waals surface area (Å²) in [5.74, 6) is 0. The van der Waals surface area contributed by atoms with E-state index in [4.69, 9.17) is 0 Å². The highest BCUT2D eigenvalue weighted by Gasteiger charge is 2.31. The monoisotopic (exact) mass is 249 g/mol. The van der Waals surface area contributed by atoms with E-state index in [0.717, 1.165) is 43.2 Å². The molecule has 1 aliphatic rings. The second-order valence-electron chi connectivity index (χ2n) is 5.23. The van der Waals surface area contributed by atoms with Gasteiger partial charge >= 0.3 is 0 Å². The number of thiazole rings is 1. The van der Waals surface area contributed by atoms with Crippen molar-refractivity contribution in [1.29, 1.82) is 5.26 Å². The first kappa shape index (κ1) is 12.5. The zero-order valence-electron chi connectivity index (χ0n) is 10.8. The van der Waals surface area contributed by atoms with Crippen LogP contribution in [-0.2, 0) is 6.54 Å². The van der Waals surface area contributed by atoms with Crippen LogP contribution in [0.15, 0.2) is 0 Å². The molecule has 1 atom stereocenters. The fourth-order valence-electron chi connectivity index (χ4n) is 2.49. The van der Waals surface area contributed by atoms with Gasteiger partial charge in [0, 0.05) is 18.0 Å². The summed E-state index contributed by atoms with van der Waals surface area (Å²) in [6.07, 6.45) is 2.15. The predicted molar refractivity (Wildman–Crippen MR) is 69.8 cm³/mol. The van der Waals surface area contributed by atoms with Gasteiger partial charge in [0.2, 0.25) is 0 Å². The Morgan fingerprint density at radius 2 is 2.29 bits per heavy atom. The van der Waals surface area contributed by atoms with Crippen molar-refractivity contribution in [2.75, 3.05) is 13.1 Å². The van der Waals surface area contributed by atoms with Crippen molar-refractivity contribution in [3.05, 3.63) is 15.6 Å². The number of likely N-dealkylation sites (tertiary alicyclic amines) is 1. The van der Waals surface area contributed by atoms with E-state index in [1.165, 1.54) is 4.88 Å². The Hall–Kier alpha value is -0.920. The Morgan fingerprint density at radius 1 is 1.53 bits per heavy atom. The molecule has 4 heteroatoms. The molecule has 0 spiro atoms. The summed E-state index contributed by atoms with van der Waals surface area (Å²) in [5.41, 5.74) is 0.989. The van der Waals surface area contributed by atoms with Crippen molar-refractivity contribution < 1.29 is 0 Å². The number of nitriles is 1. The summed E-state index contributed by atoms with van der Waals surface area (Å²) in [6.45, 7) is 9.15. The van der Waals surface area contributed by atoms with Crippen molar-refractivity contribution >= 4 is 11.3 Å². The summed E-state index contributed by atoms with van der Waals surface area (Å²) >= 11 is 1.78. The fraction of sp³-hybridized carbons (Fsp3) is 0.692. The molecule has 0 N–H and O–H groups in total. The van der Waals surface area contributed by atoms with Gasteiger partial charge in [-0.3, -0.25) is 4.90 Å². The van der Waals surface area contributed by atoms with E-state index in [9.17, 15) is 5.26 Å². The van der Waals surface area contributed by atoms with Crippen LogP contribution in [0.5, 0.6) is 0 Å². The lowest BCUT2D eigenvalue weighted by Gasteiger charge is -2.35. The number of piperidine rings is 1. The normalized spacial score (nSPS) is 25.8. The molecule has 1 aromatic heterocycles. The summed E-state index contributed by atoms with van der Waals surface area (Å²) in [7, 11) is 0. The molecule has 0 aromatic carbocycles. The highest BCUT2D eigenvalue weighted by molar-refractivity contribution is 7.11. The van der Waals surface area contributed by atoms with Crippen LogP contribution < -0.4 is 0 Å². The standard InChI is InChI=1S/C13H19N3S/c1-10-12(17-11(2)15-10)7-16-6-4-5-13(3,8-14)9-16/h4-7,9H2,1-3H3. The first-order valence-corrected chi connectivity index (χ1v) is 6.90. The third-order valence-corrected chi connectivity index (χ3v) is 4.47. The molecule has 1 aliphatic heterocycles. The molecule has 0 saturated carbocycles. The number of nitrogens with zero attached hydrogens (tertiary/aromatic N) is 3. The van der Waals surface area contributed by atoms with Crippen LogP contribution >= 0.6 is 11.3 Å².